The van der Waals surface area contributed by atoms with E-state index in [9.17, 15) is 14.0 Å². The lowest BCUT2D eigenvalue weighted by Crippen LogP contribution is -2.49. The fourth-order valence-corrected chi connectivity index (χ4v) is 2.85. The lowest BCUT2D eigenvalue weighted by atomic mass is 9.99. The van der Waals surface area contributed by atoms with Gasteiger partial charge in [0.15, 0.2) is 0 Å². The minimum absolute atomic E-state index is 0.0588. The van der Waals surface area contributed by atoms with E-state index < -0.39 is 5.97 Å². The monoisotopic (exact) mass is 308 g/mol. The Morgan fingerprint density at radius 1 is 1.18 bits per heavy atom. The first-order valence-electron chi connectivity index (χ1n) is 7.44. The van der Waals surface area contributed by atoms with Crippen molar-refractivity contribution in [2.24, 2.45) is 0 Å². The Bertz CT molecular complexity index is 525. The highest BCUT2D eigenvalue weighted by Crippen LogP contribution is 2.27. The first kappa shape index (κ1) is 16.4. The molecule has 1 aliphatic rings. The number of halogens is 1. The summed E-state index contributed by atoms with van der Waals surface area (Å²) in [5, 5.41) is 8.94. The molecule has 0 aliphatic carbocycles. The maximum absolute atomic E-state index is 13.1. The van der Waals surface area contributed by atoms with Crippen LogP contribution < -0.4 is 0 Å². The predicted molar refractivity (Wildman–Crippen MR) is 79.8 cm³/mol. The molecule has 1 amide bonds. The van der Waals surface area contributed by atoms with E-state index in [-0.39, 0.29) is 24.2 Å². The van der Waals surface area contributed by atoms with Crippen molar-refractivity contribution in [1.29, 1.82) is 0 Å². The van der Waals surface area contributed by atoms with E-state index in [1.54, 1.807) is 24.0 Å². The van der Waals surface area contributed by atoms with E-state index in [1.165, 1.54) is 12.1 Å². The number of rotatable bonds is 5. The van der Waals surface area contributed by atoms with Gasteiger partial charge in [0.05, 0.1) is 0 Å². The summed E-state index contributed by atoms with van der Waals surface area (Å²) in [7, 11) is 0. The van der Waals surface area contributed by atoms with Gasteiger partial charge in [-0.15, -0.1) is 0 Å². The number of carbonyl (C=O) groups is 2. The smallest absolute Gasteiger partial charge is 0.303 e. The summed E-state index contributed by atoms with van der Waals surface area (Å²) in [6.45, 7) is 4.22. The van der Waals surface area contributed by atoms with Crippen molar-refractivity contribution in [1.82, 2.24) is 9.80 Å². The van der Waals surface area contributed by atoms with Crippen LogP contribution in [0.1, 0.15) is 31.4 Å². The third-order valence-corrected chi connectivity index (χ3v) is 4.09. The van der Waals surface area contributed by atoms with E-state index >= 15 is 0 Å². The number of hydrogen-bond acceptors (Lipinski definition) is 3. The van der Waals surface area contributed by atoms with Gasteiger partial charge in [-0.25, -0.2) is 4.39 Å². The molecule has 0 spiro atoms. The molecular weight excluding hydrogens is 287 g/mol. The Hall–Kier alpha value is -1.95. The summed E-state index contributed by atoms with van der Waals surface area (Å²) in [5.74, 6) is -1.08. The van der Waals surface area contributed by atoms with E-state index in [1.807, 2.05) is 0 Å². The highest BCUT2D eigenvalue weighted by molar-refractivity contribution is 5.73. The summed E-state index contributed by atoms with van der Waals surface area (Å²) < 4.78 is 13.1. The fourth-order valence-electron chi connectivity index (χ4n) is 2.85. The van der Waals surface area contributed by atoms with Gasteiger partial charge in [-0.05, 0) is 24.1 Å². The van der Waals surface area contributed by atoms with E-state index in [0.29, 0.717) is 32.6 Å². The first-order chi connectivity index (χ1) is 10.5. The lowest BCUT2D eigenvalue weighted by molar-refractivity contribution is -0.137. The number of piperazine rings is 1. The Kier molecular flexibility index (Phi) is 5.49. The normalized spacial score (nSPS) is 17.3. The Balaban J connectivity index is 2.09. The Labute approximate surface area is 129 Å². The van der Waals surface area contributed by atoms with Crippen molar-refractivity contribution < 1.29 is 19.1 Å². The van der Waals surface area contributed by atoms with Crippen LogP contribution in [0.3, 0.4) is 0 Å². The van der Waals surface area contributed by atoms with Crippen LogP contribution in [0.15, 0.2) is 24.3 Å². The number of aliphatic carboxylic acids is 1. The van der Waals surface area contributed by atoms with Gasteiger partial charge in [-0.3, -0.25) is 14.5 Å². The van der Waals surface area contributed by atoms with Crippen LogP contribution >= 0.6 is 0 Å². The standard InChI is InChI=1S/C16H21FN2O3/c1-12(20)18-8-10-19(11-9-18)15(6-7-16(21)22)13-2-4-14(17)5-3-13/h2-5,15H,6-11H2,1H3,(H,21,22)/t15-/m0/s1. The summed E-state index contributed by atoms with van der Waals surface area (Å²) in [6.07, 6.45) is 0.538. The van der Waals surface area contributed by atoms with Gasteiger partial charge < -0.3 is 10.0 Å². The molecule has 0 radical (unpaired) electrons. The number of amides is 1. The van der Waals surface area contributed by atoms with Gasteiger partial charge in [-0.2, -0.15) is 0 Å². The largest absolute Gasteiger partial charge is 0.481 e. The van der Waals surface area contributed by atoms with Crippen LogP contribution in [0.25, 0.3) is 0 Å². The number of nitrogens with zero attached hydrogens (tertiary/aromatic N) is 2. The average Bonchev–Trinajstić information content (AvgIpc) is 2.49. The topological polar surface area (TPSA) is 60.9 Å². The molecule has 1 N–H and O–H groups in total. The van der Waals surface area contributed by atoms with Crippen molar-refractivity contribution in [2.75, 3.05) is 26.2 Å². The minimum atomic E-state index is -0.838. The summed E-state index contributed by atoms with van der Waals surface area (Å²) in [4.78, 5) is 26.2. The number of carbonyl (C=O) groups excluding carboxylic acids is 1. The zero-order valence-corrected chi connectivity index (χ0v) is 12.7. The molecular formula is C16H21FN2O3. The molecule has 0 bridgehead atoms. The third kappa shape index (κ3) is 4.27. The maximum atomic E-state index is 13.1. The molecule has 1 atom stereocenters. The summed E-state index contributed by atoms with van der Waals surface area (Å²) in [5.41, 5.74) is 0.916. The second-order valence-electron chi connectivity index (χ2n) is 5.54. The molecule has 1 saturated heterocycles. The molecule has 6 heteroatoms. The molecule has 2 rings (SSSR count). The zero-order valence-electron chi connectivity index (χ0n) is 12.7. The van der Waals surface area contributed by atoms with Gasteiger partial charge in [0.2, 0.25) is 5.91 Å². The fraction of sp³-hybridized carbons (Fsp3) is 0.500. The predicted octanol–water partition coefficient (Wildman–Crippen LogP) is 1.90. The number of benzene rings is 1. The number of carboxylic acid groups (broad SMARTS) is 1. The summed E-state index contributed by atoms with van der Waals surface area (Å²) in [6, 6.07) is 6.15. The van der Waals surface area contributed by atoms with E-state index in [4.69, 9.17) is 5.11 Å². The van der Waals surface area contributed by atoms with Gasteiger partial charge in [0.1, 0.15) is 5.82 Å². The van der Waals surface area contributed by atoms with E-state index in [0.717, 1.165) is 5.56 Å². The molecule has 22 heavy (non-hydrogen) atoms. The minimum Gasteiger partial charge on any atom is -0.481 e. The van der Waals surface area contributed by atoms with Crippen molar-refractivity contribution in [3.8, 4) is 0 Å². The molecule has 0 saturated carbocycles. The molecule has 0 aromatic heterocycles. The quantitative estimate of drug-likeness (QED) is 0.902. The van der Waals surface area contributed by atoms with Gasteiger partial charge >= 0.3 is 5.97 Å². The highest BCUT2D eigenvalue weighted by Gasteiger charge is 2.26. The molecule has 1 aromatic rings. The van der Waals surface area contributed by atoms with Gasteiger partial charge in [-0.1, -0.05) is 12.1 Å². The van der Waals surface area contributed by atoms with Gasteiger partial charge in [0, 0.05) is 45.6 Å². The maximum Gasteiger partial charge on any atom is 0.303 e. The van der Waals surface area contributed by atoms with E-state index in [2.05, 4.69) is 4.90 Å². The lowest BCUT2D eigenvalue weighted by Gasteiger charge is -2.39. The van der Waals surface area contributed by atoms with Crippen molar-refractivity contribution in [2.45, 2.75) is 25.8 Å². The Morgan fingerprint density at radius 2 is 1.77 bits per heavy atom. The molecule has 1 fully saturated rings. The highest BCUT2D eigenvalue weighted by atomic mass is 19.1. The first-order valence-corrected chi connectivity index (χ1v) is 7.44. The summed E-state index contributed by atoms with van der Waals surface area (Å²) >= 11 is 0. The van der Waals surface area contributed by atoms with Crippen molar-refractivity contribution in [3.05, 3.63) is 35.6 Å². The molecule has 0 unspecified atom stereocenters. The van der Waals surface area contributed by atoms with Crippen LogP contribution in [0.4, 0.5) is 4.39 Å². The van der Waals surface area contributed by atoms with Crippen LogP contribution in [0.5, 0.6) is 0 Å². The second kappa shape index (κ2) is 7.35. The van der Waals surface area contributed by atoms with Crippen LogP contribution in [-0.4, -0.2) is 53.0 Å². The second-order valence-corrected chi connectivity index (χ2v) is 5.54. The average molecular weight is 308 g/mol. The van der Waals surface area contributed by atoms with Crippen LogP contribution in [0.2, 0.25) is 0 Å². The molecule has 5 nitrogen and oxygen atoms in total. The Morgan fingerprint density at radius 3 is 2.27 bits per heavy atom. The van der Waals surface area contributed by atoms with Gasteiger partial charge in [0.25, 0.3) is 0 Å². The molecule has 1 aromatic carbocycles. The third-order valence-electron chi connectivity index (χ3n) is 4.09. The number of carboxylic acids is 1. The van der Waals surface area contributed by atoms with Crippen LogP contribution in [0, 0.1) is 5.82 Å². The number of hydrogen-bond donors (Lipinski definition) is 1. The zero-order chi connectivity index (χ0) is 16.1. The van der Waals surface area contributed by atoms with Crippen molar-refractivity contribution >= 4 is 11.9 Å². The molecule has 1 heterocycles. The molecule has 1 aliphatic heterocycles. The van der Waals surface area contributed by atoms with Crippen LogP contribution in [-0.2, 0) is 9.59 Å². The molecule has 120 valence electrons. The SMILES string of the molecule is CC(=O)N1CCN([C@@H](CCC(=O)O)c2ccc(F)cc2)CC1. The van der Waals surface area contributed by atoms with Crippen molar-refractivity contribution in [3.63, 3.8) is 0 Å².